The van der Waals surface area contributed by atoms with E-state index in [0.29, 0.717) is 22.8 Å². The standard InChI is InChI=1S/C14H13NO3/c1-17-12-8-5-6-10(14(12)18-2)13(16)11-7-3-4-9-15-11/h3-9H,1-2H3. The number of aromatic nitrogens is 1. The van der Waals surface area contributed by atoms with E-state index in [4.69, 9.17) is 9.47 Å². The quantitative estimate of drug-likeness (QED) is 0.773. The SMILES string of the molecule is COc1cccc(C(=O)c2ccccn2)c1OC. The number of para-hydroxylation sites is 1. The zero-order chi connectivity index (χ0) is 13.0. The molecule has 0 aliphatic carbocycles. The molecule has 0 amide bonds. The summed E-state index contributed by atoms with van der Waals surface area (Å²) in [6.45, 7) is 0. The third-order valence-electron chi connectivity index (χ3n) is 2.55. The first-order valence-corrected chi connectivity index (χ1v) is 5.44. The smallest absolute Gasteiger partial charge is 0.215 e. The molecule has 0 atom stereocenters. The van der Waals surface area contributed by atoms with E-state index < -0.39 is 0 Å². The van der Waals surface area contributed by atoms with Crippen molar-refractivity contribution in [3.8, 4) is 11.5 Å². The minimum atomic E-state index is -0.189. The lowest BCUT2D eigenvalue weighted by Crippen LogP contribution is -2.06. The molecule has 2 rings (SSSR count). The predicted octanol–water partition coefficient (Wildman–Crippen LogP) is 2.33. The molecule has 18 heavy (non-hydrogen) atoms. The van der Waals surface area contributed by atoms with Crippen molar-refractivity contribution >= 4 is 5.78 Å². The van der Waals surface area contributed by atoms with Gasteiger partial charge in [-0.25, -0.2) is 0 Å². The van der Waals surface area contributed by atoms with Crippen LogP contribution in [-0.4, -0.2) is 25.0 Å². The van der Waals surface area contributed by atoms with Crippen LogP contribution in [-0.2, 0) is 0 Å². The number of carbonyl (C=O) groups is 1. The minimum Gasteiger partial charge on any atom is -0.493 e. The largest absolute Gasteiger partial charge is 0.493 e. The summed E-state index contributed by atoms with van der Waals surface area (Å²) < 4.78 is 10.4. The van der Waals surface area contributed by atoms with Crippen LogP contribution in [0.5, 0.6) is 11.5 Å². The van der Waals surface area contributed by atoms with E-state index in [-0.39, 0.29) is 5.78 Å². The van der Waals surface area contributed by atoms with Crippen LogP contribution in [0.25, 0.3) is 0 Å². The summed E-state index contributed by atoms with van der Waals surface area (Å²) in [4.78, 5) is 16.3. The zero-order valence-corrected chi connectivity index (χ0v) is 10.2. The number of nitrogens with zero attached hydrogens (tertiary/aromatic N) is 1. The Morgan fingerprint density at radius 3 is 2.50 bits per heavy atom. The Morgan fingerprint density at radius 2 is 1.89 bits per heavy atom. The summed E-state index contributed by atoms with van der Waals surface area (Å²) in [5, 5.41) is 0. The first-order valence-electron chi connectivity index (χ1n) is 5.44. The third-order valence-corrected chi connectivity index (χ3v) is 2.55. The fourth-order valence-corrected chi connectivity index (χ4v) is 1.70. The maximum Gasteiger partial charge on any atom is 0.215 e. The Labute approximate surface area is 105 Å². The number of rotatable bonds is 4. The molecule has 0 aliphatic heterocycles. The van der Waals surface area contributed by atoms with Crippen LogP contribution in [0, 0.1) is 0 Å². The molecule has 0 unspecified atom stereocenters. The zero-order valence-electron chi connectivity index (χ0n) is 10.2. The maximum absolute atomic E-state index is 12.3. The molecule has 4 nitrogen and oxygen atoms in total. The number of benzene rings is 1. The number of methoxy groups -OCH3 is 2. The second-order valence-electron chi connectivity index (χ2n) is 3.59. The number of ketones is 1. The van der Waals surface area contributed by atoms with Gasteiger partial charge in [0, 0.05) is 6.20 Å². The fourth-order valence-electron chi connectivity index (χ4n) is 1.70. The van der Waals surface area contributed by atoms with E-state index in [9.17, 15) is 4.79 Å². The Hall–Kier alpha value is -2.36. The highest BCUT2D eigenvalue weighted by atomic mass is 16.5. The number of carbonyl (C=O) groups excluding carboxylic acids is 1. The number of ether oxygens (including phenoxy) is 2. The molecule has 1 aromatic carbocycles. The summed E-state index contributed by atoms with van der Waals surface area (Å²) in [6.07, 6.45) is 1.58. The lowest BCUT2D eigenvalue weighted by Gasteiger charge is -2.11. The van der Waals surface area contributed by atoms with Crippen molar-refractivity contribution in [2.45, 2.75) is 0 Å². The van der Waals surface area contributed by atoms with Crippen LogP contribution in [0.1, 0.15) is 16.1 Å². The number of hydrogen-bond donors (Lipinski definition) is 0. The van der Waals surface area contributed by atoms with Crippen LogP contribution in [0.15, 0.2) is 42.6 Å². The molecule has 1 heterocycles. The predicted molar refractivity (Wildman–Crippen MR) is 67.2 cm³/mol. The van der Waals surface area contributed by atoms with E-state index in [1.807, 2.05) is 0 Å². The summed E-state index contributed by atoms with van der Waals surface area (Å²) in [5.74, 6) is 0.765. The van der Waals surface area contributed by atoms with Crippen molar-refractivity contribution in [1.82, 2.24) is 4.98 Å². The highest BCUT2D eigenvalue weighted by Crippen LogP contribution is 2.31. The van der Waals surface area contributed by atoms with Crippen LogP contribution < -0.4 is 9.47 Å². The third kappa shape index (κ3) is 2.18. The van der Waals surface area contributed by atoms with Gasteiger partial charge in [0.05, 0.1) is 19.8 Å². The van der Waals surface area contributed by atoms with Crippen molar-refractivity contribution < 1.29 is 14.3 Å². The second-order valence-corrected chi connectivity index (χ2v) is 3.59. The minimum absolute atomic E-state index is 0.189. The summed E-state index contributed by atoms with van der Waals surface area (Å²) in [5.41, 5.74) is 0.819. The molecule has 0 fully saturated rings. The Morgan fingerprint density at radius 1 is 1.06 bits per heavy atom. The van der Waals surface area contributed by atoms with Crippen molar-refractivity contribution in [3.63, 3.8) is 0 Å². The molecule has 0 radical (unpaired) electrons. The molecule has 0 aliphatic rings. The van der Waals surface area contributed by atoms with Crippen molar-refractivity contribution in [1.29, 1.82) is 0 Å². The van der Waals surface area contributed by atoms with Gasteiger partial charge in [-0.2, -0.15) is 0 Å². The molecule has 4 heteroatoms. The fraction of sp³-hybridized carbons (Fsp3) is 0.143. The van der Waals surface area contributed by atoms with Crippen LogP contribution >= 0.6 is 0 Å². The topological polar surface area (TPSA) is 48.4 Å². The van der Waals surface area contributed by atoms with Crippen molar-refractivity contribution in [2.24, 2.45) is 0 Å². The van der Waals surface area contributed by atoms with Gasteiger partial charge in [-0.3, -0.25) is 9.78 Å². The van der Waals surface area contributed by atoms with Gasteiger partial charge in [0.1, 0.15) is 5.69 Å². The molecular weight excluding hydrogens is 230 g/mol. The highest BCUT2D eigenvalue weighted by molar-refractivity contribution is 6.09. The van der Waals surface area contributed by atoms with Crippen LogP contribution in [0.2, 0.25) is 0 Å². The molecule has 0 saturated heterocycles. The van der Waals surface area contributed by atoms with Gasteiger partial charge in [-0.05, 0) is 24.3 Å². The van der Waals surface area contributed by atoms with Gasteiger partial charge in [0.2, 0.25) is 5.78 Å². The summed E-state index contributed by atoms with van der Waals surface area (Å²) in [7, 11) is 3.04. The van der Waals surface area contributed by atoms with E-state index >= 15 is 0 Å². The summed E-state index contributed by atoms with van der Waals surface area (Å²) >= 11 is 0. The van der Waals surface area contributed by atoms with Crippen LogP contribution in [0.3, 0.4) is 0 Å². The number of hydrogen-bond acceptors (Lipinski definition) is 4. The number of pyridine rings is 1. The molecule has 0 bridgehead atoms. The van der Waals surface area contributed by atoms with E-state index in [1.165, 1.54) is 14.2 Å². The highest BCUT2D eigenvalue weighted by Gasteiger charge is 2.18. The van der Waals surface area contributed by atoms with Crippen molar-refractivity contribution in [2.75, 3.05) is 14.2 Å². The second kappa shape index (κ2) is 5.31. The van der Waals surface area contributed by atoms with Crippen molar-refractivity contribution in [3.05, 3.63) is 53.9 Å². The summed E-state index contributed by atoms with van der Waals surface area (Å²) in [6, 6.07) is 10.4. The molecule has 0 N–H and O–H groups in total. The van der Waals surface area contributed by atoms with E-state index in [1.54, 1.807) is 42.6 Å². The van der Waals surface area contributed by atoms with Gasteiger partial charge in [0.15, 0.2) is 11.5 Å². The van der Waals surface area contributed by atoms with Gasteiger partial charge in [-0.15, -0.1) is 0 Å². The molecular formula is C14H13NO3. The lowest BCUT2D eigenvalue weighted by atomic mass is 10.1. The van der Waals surface area contributed by atoms with Gasteiger partial charge in [-0.1, -0.05) is 12.1 Å². The monoisotopic (exact) mass is 243 g/mol. The lowest BCUT2D eigenvalue weighted by molar-refractivity contribution is 0.103. The van der Waals surface area contributed by atoms with Gasteiger partial charge in [0.25, 0.3) is 0 Å². The molecule has 2 aromatic rings. The first kappa shape index (κ1) is 12.1. The average molecular weight is 243 g/mol. The maximum atomic E-state index is 12.3. The Kier molecular flexibility index (Phi) is 3.57. The molecule has 0 saturated carbocycles. The molecule has 92 valence electrons. The van der Waals surface area contributed by atoms with Gasteiger partial charge >= 0.3 is 0 Å². The van der Waals surface area contributed by atoms with E-state index in [2.05, 4.69) is 4.98 Å². The van der Waals surface area contributed by atoms with Gasteiger partial charge < -0.3 is 9.47 Å². The first-order chi connectivity index (χ1) is 8.77. The Bertz CT molecular complexity index is 552. The molecule has 1 aromatic heterocycles. The van der Waals surface area contributed by atoms with E-state index in [0.717, 1.165) is 0 Å². The molecule has 0 spiro atoms. The normalized spacial score (nSPS) is 9.89. The average Bonchev–Trinajstić information content (AvgIpc) is 2.46. The van der Waals surface area contributed by atoms with Crippen LogP contribution in [0.4, 0.5) is 0 Å². The Balaban J connectivity index is 2.48.